The SMILES string of the molecule is CC(C)C(=O)NC1CCN(Cc2ccc(O)cc2)CC1. The number of phenols is 1. The Balaban J connectivity index is 1.77. The van der Waals surface area contributed by atoms with E-state index < -0.39 is 0 Å². The average molecular weight is 276 g/mol. The van der Waals surface area contributed by atoms with Crippen molar-refractivity contribution in [1.82, 2.24) is 10.2 Å². The number of phenolic OH excluding ortho intramolecular Hbond substituents is 1. The molecule has 0 aromatic heterocycles. The molecule has 4 heteroatoms. The van der Waals surface area contributed by atoms with Crippen LogP contribution in [0.3, 0.4) is 0 Å². The summed E-state index contributed by atoms with van der Waals surface area (Å²) >= 11 is 0. The van der Waals surface area contributed by atoms with Crippen molar-refractivity contribution in [3.8, 4) is 5.75 Å². The smallest absolute Gasteiger partial charge is 0.222 e. The molecule has 20 heavy (non-hydrogen) atoms. The number of nitrogens with one attached hydrogen (secondary N) is 1. The van der Waals surface area contributed by atoms with Gasteiger partial charge in [-0.05, 0) is 30.5 Å². The number of hydrogen-bond donors (Lipinski definition) is 2. The fourth-order valence-electron chi connectivity index (χ4n) is 2.46. The van der Waals surface area contributed by atoms with Crippen molar-refractivity contribution in [3.05, 3.63) is 29.8 Å². The lowest BCUT2D eigenvalue weighted by atomic mass is 10.0. The molecule has 0 unspecified atom stereocenters. The summed E-state index contributed by atoms with van der Waals surface area (Å²) in [7, 11) is 0. The Hall–Kier alpha value is -1.55. The van der Waals surface area contributed by atoms with Gasteiger partial charge in [0.25, 0.3) is 0 Å². The summed E-state index contributed by atoms with van der Waals surface area (Å²) in [5.74, 6) is 0.524. The van der Waals surface area contributed by atoms with Crippen molar-refractivity contribution >= 4 is 5.91 Å². The predicted molar refractivity (Wildman–Crippen MR) is 79.4 cm³/mol. The van der Waals surface area contributed by atoms with E-state index in [1.807, 2.05) is 26.0 Å². The quantitative estimate of drug-likeness (QED) is 0.886. The fraction of sp³-hybridized carbons (Fsp3) is 0.562. The normalized spacial score (nSPS) is 17.4. The number of likely N-dealkylation sites (tertiary alicyclic amines) is 1. The lowest BCUT2D eigenvalue weighted by molar-refractivity contribution is -0.125. The van der Waals surface area contributed by atoms with Crippen LogP contribution in [-0.2, 0) is 11.3 Å². The third kappa shape index (κ3) is 4.23. The molecule has 2 N–H and O–H groups in total. The average Bonchev–Trinajstić information content (AvgIpc) is 2.43. The highest BCUT2D eigenvalue weighted by molar-refractivity contribution is 5.78. The van der Waals surface area contributed by atoms with Gasteiger partial charge in [-0.1, -0.05) is 26.0 Å². The molecule has 1 heterocycles. The number of aromatic hydroxyl groups is 1. The first-order valence-electron chi connectivity index (χ1n) is 7.35. The topological polar surface area (TPSA) is 52.6 Å². The highest BCUT2D eigenvalue weighted by atomic mass is 16.3. The molecular weight excluding hydrogens is 252 g/mol. The van der Waals surface area contributed by atoms with Gasteiger partial charge < -0.3 is 10.4 Å². The van der Waals surface area contributed by atoms with Crippen LogP contribution in [0, 0.1) is 5.92 Å². The molecule has 1 saturated heterocycles. The van der Waals surface area contributed by atoms with Gasteiger partial charge >= 0.3 is 0 Å². The third-order valence-corrected chi connectivity index (χ3v) is 3.80. The van der Waals surface area contributed by atoms with Gasteiger partial charge in [-0.25, -0.2) is 0 Å². The fourth-order valence-corrected chi connectivity index (χ4v) is 2.46. The zero-order chi connectivity index (χ0) is 14.5. The zero-order valence-corrected chi connectivity index (χ0v) is 12.3. The van der Waals surface area contributed by atoms with Gasteiger partial charge in [-0.15, -0.1) is 0 Å². The number of hydrogen-bond acceptors (Lipinski definition) is 3. The maximum Gasteiger partial charge on any atom is 0.222 e. The molecule has 2 rings (SSSR count). The standard InChI is InChI=1S/C16H24N2O2/c1-12(2)16(20)17-14-7-9-18(10-8-14)11-13-3-5-15(19)6-4-13/h3-6,12,14,19H,7-11H2,1-2H3,(H,17,20). The van der Waals surface area contributed by atoms with E-state index in [0.29, 0.717) is 11.8 Å². The largest absolute Gasteiger partial charge is 0.508 e. The van der Waals surface area contributed by atoms with Crippen LogP contribution in [-0.4, -0.2) is 35.0 Å². The number of benzene rings is 1. The molecule has 1 aromatic rings. The van der Waals surface area contributed by atoms with Crippen molar-refractivity contribution in [1.29, 1.82) is 0 Å². The first-order chi connectivity index (χ1) is 9.54. The highest BCUT2D eigenvalue weighted by Gasteiger charge is 2.21. The summed E-state index contributed by atoms with van der Waals surface area (Å²) in [5, 5.41) is 12.4. The van der Waals surface area contributed by atoms with Crippen LogP contribution in [0.1, 0.15) is 32.3 Å². The number of nitrogens with zero attached hydrogens (tertiary/aromatic N) is 1. The number of amides is 1. The second-order valence-corrected chi connectivity index (χ2v) is 5.88. The first kappa shape index (κ1) is 14.9. The second-order valence-electron chi connectivity index (χ2n) is 5.88. The van der Waals surface area contributed by atoms with Crippen molar-refractivity contribution in [2.75, 3.05) is 13.1 Å². The third-order valence-electron chi connectivity index (χ3n) is 3.80. The molecule has 1 amide bonds. The minimum Gasteiger partial charge on any atom is -0.508 e. The molecule has 1 aromatic carbocycles. The van der Waals surface area contributed by atoms with E-state index in [1.165, 1.54) is 5.56 Å². The minimum atomic E-state index is 0.0602. The van der Waals surface area contributed by atoms with E-state index >= 15 is 0 Å². The molecule has 0 atom stereocenters. The Bertz CT molecular complexity index is 434. The summed E-state index contributed by atoms with van der Waals surface area (Å²) < 4.78 is 0. The minimum absolute atomic E-state index is 0.0602. The molecule has 0 spiro atoms. The van der Waals surface area contributed by atoms with Gasteiger partial charge in [-0.3, -0.25) is 9.69 Å². The van der Waals surface area contributed by atoms with Crippen LogP contribution in [0.15, 0.2) is 24.3 Å². The molecule has 1 aliphatic rings. The van der Waals surface area contributed by atoms with Gasteiger partial charge in [0.2, 0.25) is 5.91 Å². The van der Waals surface area contributed by atoms with Crippen molar-refractivity contribution in [3.63, 3.8) is 0 Å². The number of rotatable bonds is 4. The zero-order valence-electron chi connectivity index (χ0n) is 12.3. The van der Waals surface area contributed by atoms with Gasteiger partial charge in [-0.2, -0.15) is 0 Å². The van der Waals surface area contributed by atoms with E-state index in [0.717, 1.165) is 32.5 Å². The van der Waals surface area contributed by atoms with E-state index in [2.05, 4.69) is 10.2 Å². The Labute approximate surface area is 120 Å². The summed E-state index contributed by atoms with van der Waals surface area (Å²) in [5.41, 5.74) is 1.22. The molecule has 0 aliphatic carbocycles. The number of piperidine rings is 1. The van der Waals surface area contributed by atoms with E-state index in [4.69, 9.17) is 0 Å². The second kappa shape index (κ2) is 6.75. The van der Waals surface area contributed by atoms with Crippen LogP contribution < -0.4 is 5.32 Å². The number of carbonyl (C=O) groups is 1. The van der Waals surface area contributed by atoms with Gasteiger partial charge in [0.15, 0.2) is 0 Å². The van der Waals surface area contributed by atoms with Gasteiger partial charge in [0.1, 0.15) is 5.75 Å². The molecule has 1 fully saturated rings. The van der Waals surface area contributed by atoms with Gasteiger partial charge in [0, 0.05) is 31.6 Å². The summed E-state index contributed by atoms with van der Waals surface area (Å²) in [6, 6.07) is 7.70. The maximum atomic E-state index is 11.7. The van der Waals surface area contributed by atoms with E-state index in [9.17, 15) is 9.90 Å². The first-order valence-corrected chi connectivity index (χ1v) is 7.35. The molecule has 0 saturated carbocycles. The Morgan fingerprint density at radius 1 is 1.30 bits per heavy atom. The molecule has 4 nitrogen and oxygen atoms in total. The molecular formula is C16H24N2O2. The Morgan fingerprint density at radius 3 is 2.45 bits per heavy atom. The van der Waals surface area contributed by atoms with Crippen molar-refractivity contribution < 1.29 is 9.90 Å². The van der Waals surface area contributed by atoms with Gasteiger partial charge in [0.05, 0.1) is 0 Å². The summed E-state index contributed by atoms with van der Waals surface area (Å²) in [4.78, 5) is 14.1. The van der Waals surface area contributed by atoms with Crippen LogP contribution in [0.5, 0.6) is 5.75 Å². The van der Waals surface area contributed by atoms with E-state index in [-0.39, 0.29) is 11.8 Å². The highest BCUT2D eigenvalue weighted by Crippen LogP contribution is 2.16. The van der Waals surface area contributed by atoms with Crippen LogP contribution >= 0.6 is 0 Å². The monoisotopic (exact) mass is 276 g/mol. The molecule has 0 radical (unpaired) electrons. The van der Waals surface area contributed by atoms with Crippen LogP contribution in [0.25, 0.3) is 0 Å². The predicted octanol–water partition coefficient (Wildman–Crippen LogP) is 2.13. The van der Waals surface area contributed by atoms with E-state index in [1.54, 1.807) is 12.1 Å². The van der Waals surface area contributed by atoms with Crippen LogP contribution in [0.4, 0.5) is 0 Å². The summed E-state index contributed by atoms with van der Waals surface area (Å²) in [6.45, 7) is 6.77. The molecule has 110 valence electrons. The summed E-state index contributed by atoms with van der Waals surface area (Å²) in [6.07, 6.45) is 2.02. The maximum absolute atomic E-state index is 11.7. The lowest BCUT2D eigenvalue weighted by Gasteiger charge is -2.32. The van der Waals surface area contributed by atoms with Crippen LogP contribution in [0.2, 0.25) is 0 Å². The van der Waals surface area contributed by atoms with Crippen molar-refractivity contribution in [2.24, 2.45) is 5.92 Å². The van der Waals surface area contributed by atoms with Crippen molar-refractivity contribution in [2.45, 2.75) is 39.3 Å². The number of carbonyl (C=O) groups excluding carboxylic acids is 1. The molecule has 0 bridgehead atoms. The molecule has 1 aliphatic heterocycles. The Morgan fingerprint density at radius 2 is 1.90 bits per heavy atom. The lowest BCUT2D eigenvalue weighted by Crippen LogP contribution is -2.45. The Kier molecular flexibility index (Phi) is 5.01.